The highest BCUT2D eigenvalue weighted by Gasteiger charge is 2.20. The molecular weight excluding hydrogens is 378 g/mol. The smallest absolute Gasteiger partial charge is 0.266 e. The van der Waals surface area contributed by atoms with Crippen LogP contribution in [0, 0.1) is 18.6 Å². The number of benzene rings is 2. The lowest BCUT2D eigenvalue weighted by molar-refractivity contribution is 0.0944. The fourth-order valence-electron chi connectivity index (χ4n) is 2.29. The van der Waals surface area contributed by atoms with Gasteiger partial charge in [-0.1, -0.05) is 12.1 Å². The van der Waals surface area contributed by atoms with Crippen molar-refractivity contribution < 1.29 is 22.0 Å². The number of halogens is 2. The Balaban J connectivity index is 1.81. The Labute approximate surface area is 153 Å². The first kappa shape index (κ1) is 18.7. The van der Waals surface area contributed by atoms with Gasteiger partial charge in [0.2, 0.25) is 0 Å². The van der Waals surface area contributed by atoms with Gasteiger partial charge in [0.15, 0.2) is 0 Å². The average molecular weight is 392 g/mol. The maximum Gasteiger partial charge on any atom is 0.266 e. The van der Waals surface area contributed by atoms with Gasteiger partial charge in [-0.3, -0.25) is 10.2 Å². The number of aryl methyl sites for hydroxylation is 1. The molecule has 3 aromatic rings. The lowest BCUT2D eigenvalue weighted by Gasteiger charge is -2.10. The number of rotatable bonds is 5. The van der Waals surface area contributed by atoms with E-state index in [0.717, 1.165) is 23.8 Å². The third kappa shape index (κ3) is 4.18. The molecule has 0 fully saturated rings. The Hall–Kier alpha value is -3.11. The van der Waals surface area contributed by atoms with E-state index in [1.807, 2.05) is 5.43 Å². The van der Waals surface area contributed by atoms with Crippen LogP contribution >= 0.6 is 0 Å². The summed E-state index contributed by atoms with van der Waals surface area (Å²) in [5, 5.41) is 4.03. The van der Waals surface area contributed by atoms with Crippen LogP contribution in [0.3, 0.4) is 0 Å². The van der Waals surface area contributed by atoms with Crippen LogP contribution in [0.2, 0.25) is 0 Å². The number of sulfonamides is 1. The highest BCUT2D eigenvalue weighted by molar-refractivity contribution is 7.89. The minimum absolute atomic E-state index is 0.144. The van der Waals surface area contributed by atoms with Gasteiger partial charge in [0.1, 0.15) is 16.5 Å². The number of hydrogen-bond donors (Lipinski definition) is 2. The van der Waals surface area contributed by atoms with Gasteiger partial charge in [-0.25, -0.2) is 21.9 Å². The maximum atomic E-state index is 13.9. The quantitative estimate of drug-likeness (QED) is 0.650. The summed E-state index contributed by atoms with van der Waals surface area (Å²) in [4.78, 5) is 13.4. The van der Waals surface area contributed by atoms with Gasteiger partial charge in [0, 0.05) is 11.8 Å². The van der Waals surface area contributed by atoms with E-state index in [-0.39, 0.29) is 11.3 Å². The summed E-state index contributed by atoms with van der Waals surface area (Å²) >= 11 is 0. The van der Waals surface area contributed by atoms with Gasteiger partial charge in [-0.15, -0.1) is 4.83 Å². The number of amides is 1. The molecule has 27 heavy (non-hydrogen) atoms. The van der Waals surface area contributed by atoms with E-state index in [2.05, 4.69) is 5.10 Å². The molecule has 0 radical (unpaired) electrons. The fraction of sp³-hybridized carbons (Fsp3) is 0.0588. The molecule has 0 saturated heterocycles. The third-order valence-electron chi connectivity index (χ3n) is 3.55. The van der Waals surface area contributed by atoms with Gasteiger partial charge in [0.05, 0.1) is 11.9 Å². The lowest BCUT2D eigenvalue weighted by Crippen LogP contribution is -2.41. The van der Waals surface area contributed by atoms with Crippen molar-refractivity contribution in [1.82, 2.24) is 20.0 Å². The predicted octanol–water partition coefficient (Wildman–Crippen LogP) is 2.08. The monoisotopic (exact) mass is 392 g/mol. The molecule has 2 N–H and O–H groups in total. The summed E-state index contributed by atoms with van der Waals surface area (Å²) in [6.45, 7) is 1.80. The number of hydrazine groups is 1. The molecule has 7 nitrogen and oxygen atoms in total. The van der Waals surface area contributed by atoms with Crippen molar-refractivity contribution >= 4 is 15.9 Å². The van der Waals surface area contributed by atoms with Crippen molar-refractivity contribution in [3.63, 3.8) is 0 Å². The van der Waals surface area contributed by atoms with Crippen molar-refractivity contribution in [3.8, 4) is 5.69 Å². The summed E-state index contributed by atoms with van der Waals surface area (Å²) in [6.07, 6.45) is 3.20. The van der Waals surface area contributed by atoms with Gasteiger partial charge in [-0.05, 0) is 42.8 Å². The average Bonchev–Trinajstić information content (AvgIpc) is 3.06. The molecular formula is C17H14F2N4O3S. The second-order valence-electron chi connectivity index (χ2n) is 5.65. The lowest BCUT2D eigenvalue weighted by atomic mass is 10.2. The van der Waals surface area contributed by atoms with Crippen LogP contribution in [-0.4, -0.2) is 24.1 Å². The second-order valence-corrected chi connectivity index (χ2v) is 7.30. The molecule has 2 aromatic carbocycles. The Kier molecular flexibility index (Phi) is 5.02. The van der Waals surface area contributed by atoms with Crippen LogP contribution in [0.5, 0.6) is 0 Å². The molecule has 0 atom stereocenters. The molecule has 10 heteroatoms. The summed E-state index contributed by atoms with van der Waals surface area (Å²) in [7, 11) is -4.33. The molecule has 0 aliphatic carbocycles. The van der Waals surface area contributed by atoms with Crippen LogP contribution in [0.1, 0.15) is 15.9 Å². The van der Waals surface area contributed by atoms with Crippen LogP contribution in [0.25, 0.3) is 5.69 Å². The summed E-state index contributed by atoms with van der Waals surface area (Å²) in [5.74, 6) is -2.59. The van der Waals surface area contributed by atoms with E-state index in [9.17, 15) is 22.0 Å². The first-order valence-electron chi connectivity index (χ1n) is 7.65. The zero-order valence-electron chi connectivity index (χ0n) is 14.0. The fourth-order valence-corrected chi connectivity index (χ4v) is 3.21. The highest BCUT2D eigenvalue weighted by atomic mass is 32.2. The molecule has 0 aliphatic heterocycles. The van der Waals surface area contributed by atoms with Crippen LogP contribution < -0.4 is 10.3 Å². The molecule has 3 rings (SSSR count). The summed E-state index contributed by atoms with van der Waals surface area (Å²) < 4.78 is 53.1. The third-order valence-corrected chi connectivity index (χ3v) is 4.83. The second kappa shape index (κ2) is 7.25. The van der Waals surface area contributed by atoms with Crippen LogP contribution in [0.15, 0.2) is 59.8 Å². The van der Waals surface area contributed by atoms with E-state index < -0.39 is 32.5 Å². The Morgan fingerprint density at radius 3 is 2.56 bits per heavy atom. The molecule has 0 bridgehead atoms. The molecule has 140 valence electrons. The van der Waals surface area contributed by atoms with Gasteiger partial charge in [-0.2, -0.15) is 5.10 Å². The van der Waals surface area contributed by atoms with E-state index in [1.165, 1.54) is 28.9 Å². The van der Waals surface area contributed by atoms with Crippen molar-refractivity contribution in [2.45, 2.75) is 11.8 Å². The van der Waals surface area contributed by atoms with Gasteiger partial charge >= 0.3 is 0 Å². The normalized spacial score (nSPS) is 11.4. The first-order valence-corrected chi connectivity index (χ1v) is 9.13. The van der Waals surface area contributed by atoms with E-state index >= 15 is 0 Å². The number of carbonyl (C=O) groups is 1. The number of nitrogens with one attached hydrogen (secondary N) is 2. The Morgan fingerprint density at radius 1 is 1.15 bits per heavy atom. The van der Waals surface area contributed by atoms with Crippen LogP contribution in [-0.2, 0) is 10.0 Å². The standard InChI is InChI=1S/C17H14F2N4O3S/c1-11-9-20-23(10-11)14-7-12(6-13(18)8-14)17(24)21-22-27(25,26)16-5-3-2-4-15(16)19/h2-10,22H,1H3,(H,21,24). The number of carbonyl (C=O) groups excluding carboxylic acids is 1. The SMILES string of the molecule is Cc1cnn(-c2cc(F)cc(C(=O)NNS(=O)(=O)c3ccccc3F)c2)c1. The molecule has 1 aromatic heterocycles. The molecule has 1 amide bonds. The molecule has 0 unspecified atom stereocenters. The maximum absolute atomic E-state index is 13.9. The zero-order valence-corrected chi connectivity index (χ0v) is 14.8. The number of nitrogens with zero attached hydrogens (tertiary/aromatic N) is 2. The summed E-state index contributed by atoms with van der Waals surface area (Å²) in [5.41, 5.74) is 2.91. The van der Waals surface area contributed by atoms with Crippen LogP contribution in [0.4, 0.5) is 8.78 Å². The molecule has 0 spiro atoms. The topological polar surface area (TPSA) is 93.1 Å². The van der Waals surface area contributed by atoms with Crippen molar-refractivity contribution in [3.05, 3.63) is 77.6 Å². The molecule has 0 aliphatic rings. The Morgan fingerprint density at radius 2 is 1.89 bits per heavy atom. The Bertz CT molecular complexity index is 1110. The van der Waals surface area contributed by atoms with E-state index in [1.54, 1.807) is 24.1 Å². The minimum atomic E-state index is -4.33. The highest BCUT2D eigenvalue weighted by Crippen LogP contribution is 2.15. The largest absolute Gasteiger partial charge is 0.273 e. The van der Waals surface area contributed by atoms with E-state index in [0.29, 0.717) is 0 Å². The van der Waals surface area contributed by atoms with Crippen molar-refractivity contribution in [1.29, 1.82) is 0 Å². The zero-order chi connectivity index (χ0) is 19.6. The van der Waals surface area contributed by atoms with Crippen molar-refractivity contribution in [2.24, 2.45) is 0 Å². The number of hydrogen-bond acceptors (Lipinski definition) is 4. The predicted molar refractivity (Wildman–Crippen MR) is 92.4 cm³/mol. The molecule has 1 heterocycles. The minimum Gasteiger partial charge on any atom is -0.273 e. The molecule has 0 saturated carbocycles. The first-order chi connectivity index (χ1) is 12.8. The van der Waals surface area contributed by atoms with Gasteiger partial charge in [0.25, 0.3) is 15.9 Å². The summed E-state index contributed by atoms with van der Waals surface area (Å²) in [6, 6.07) is 8.13. The van der Waals surface area contributed by atoms with Crippen molar-refractivity contribution in [2.75, 3.05) is 0 Å². The number of aromatic nitrogens is 2. The van der Waals surface area contributed by atoms with Gasteiger partial charge < -0.3 is 0 Å². The van der Waals surface area contributed by atoms with E-state index in [4.69, 9.17) is 0 Å².